The molecule has 0 radical (unpaired) electrons. The minimum atomic E-state index is -0.561. The average Bonchev–Trinajstić information content (AvgIpc) is 3.18. The van der Waals surface area contributed by atoms with Crippen molar-refractivity contribution in [3.05, 3.63) is 59.4 Å². The monoisotopic (exact) mass is 358 g/mol. The smallest absolute Gasteiger partial charge is 0.255 e. The van der Waals surface area contributed by atoms with Crippen LogP contribution in [0.5, 0.6) is 11.5 Å². The zero-order valence-corrected chi connectivity index (χ0v) is 14.7. The van der Waals surface area contributed by atoms with Crippen LogP contribution in [0.3, 0.4) is 0 Å². The zero-order chi connectivity index (χ0) is 18.5. The maximum absolute atomic E-state index is 13.4. The molecule has 3 rings (SSSR count). The van der Waals surface area contributed by atoms with Gasteiger partial charge >= 0.3 is 0 Å². The van der Waals surface area contributed by atoms with E-state index in [9.17, 15) is 14.3 Å². The molecule has 1 amide bonds. The Bertz CT molecular complexity index is 775. The summed E-state index contributed by atoms with van der Waals surface area (Å²) in [5.74, 6) is -0.527. The summed E-state index contributed by atoms with van der Waals surface area (Å²) in [5.41, 5.74) is 0.936. The Balaban J connectivity index is 1.80. The number of amides is 1. The van der Waals surface area contributed by atoms with Gasteiger partial charge in [-0.15, -0.1) is 0 Å². The Morgan fingerprint density at radius 2 is 2.00 bits per heavy atom. The van der Waals surface area contributed by atoms with Crippen LogP contribution in [0, 0.1) is 5.82 Å². The van der Waals surface area contributed by atoms with Gasteiger partial charge in [0.25, 0.3) is 5.91 Å². The fourth-order valence-electron chi connectivity index (χ4n) is 3.41. The van der Waals surface area contributed by atoms with Gasteiger partial charge in [0, 0.05) is 12.1 Å². The molecule has 26 heavy (non-hydrogen) atoms. The van der Waals surface area contributed by atoms with E-state index in [-0.39, 0.29) is 17.4 Å². The fourth-order valence-corrected chi connectivity index (χ4v) is 3.41. The standard InChI is InChI=1S/C20H23FN2O3/c1-26-19-7-3-2-6-15(19)17(23-10-4-5-11-23)13-22-20(25)16-12-14(21)8-9-18(16)24/h2-3,6-9,12,17,24H,4-5,10-11,13H2,1H3,(H,22,25)/t17-/m1/s1. The zero-order valence-electron chi connectivity index (χ0n) is 14.7. The van der Waals surface area contributed by atoms with Gasteiger partial charge in [0.15, 0.2) is 0 Å². The number of hydrogen-bond donors (Lipinski definition) is 2. The van der Waals surface area contributed by atoms with Crippen molar-refractivity contribution in [2.75, 3.05) is 26.7 Å². The summed E-state index contributed by atoms with van der Waals surface area (Å²) in [7, 11) is 1.63. The SMILES string of the molecule is COc1ccccc1[C@@H](CNC(=O)c1cc(F)ccc1O)N1CCCC1. The number of hydrogen-bond acceptors (Lipinski definition) is 4. The van der Waals surface area contributed by atoms with E-state index in [2.05, 4.69) is 10.2 Å². The summed E-state index contributed by atoms with van der Waals surface area (Å²) in [6, 6.07) is 11.0. The van der Waals surface area contributed by atoms with E-state index in [0.717, 1.165) is 49.4 Å². The quantitative estimate of drug-likeness (QED) is 0.833. The van der Waals surface area contributed by atoms with Crippen LogP contribution in [0.4, 0.5) is 4.39 Å². The second kappa shape index (κ2) is 8.19. The highest BCUT2D eigenvalue weighted by Gasteiger charge is 2.26. The molecule has 2 aromatic carbocycles. The summed E-state index contributed by atoms with van der Waals surface area (Å²) in [6.45, 7) is 2.24. The summed E-state index contributed by atoms with van der Waals surface area (Å²) in [4.78, 5) is 14.7. The fraction of sp³-hybridized carbons (Fsp3) is 0.350. The number of para-hydroxylation sites is 1. The van der Waals surface area contributed by atoms with Crippen molar-refractivity contribution in [2.45, 2.75) is 18.9 Å². The number of nitrogens with one attached hydrogen (secondary N) is 1. The highest BCUT2D eigenvalue weighted by molar-refractivity contribution is 5.96. The van der Waals surface area contributed by atoms with Gasteiger partial charge in [0.2, 0.25) is 0 Å². The third-order valence-corrected chi connectivity index (χ3v) is 4.74. The molecule has 5 nitrogen and oxygen atoms in total. The molecular formula is C20H23FN2O3. The number of rotatable bonds is 6. The lowest BCUT2D eigenvalue weighted by Gasteiger charge is -2.29. The number of phenols is 1. The predicted molar refractivity (Wildman–Crippen MR) is 96.9 cm³/mol. The first-order valence-corrected chi connectivity index (χ1v) is 8.74. The molecule has 0 saturated carbocycles. The average molecular weight is 358 g/mol. The third kappa shape index (κ3) is 3.96. The molecule has 0 aromatic heterocycles. The summed E-state index contributed by atoms with van der Waals surface area (Å²) >= 11 is 0. The van der Waals surface area contributed by atoms with Crippen LogP contribution in [0.25, 0.3) is 0 Å². The van der Waals surface area contributed by atoms with Crippen molar-refractivity contribution in [3.8, 4) is 11.5 Å². The van der Waals surface area contributed by atoms with Crippen molar-refractivity contribution in [1.82, 2.24) is 10.2 Å². The largest absolute Gasteiger partial charge is 0.507 e. The van der Waals surface area contributed by atoms with Gasteiger partial charge in [-0.25, -0.2) is 4.39 Å². The highest BCUT2D eigenvalue weighted by atomic mass is 19.1. The van der Waals surface area contributed by atoms with Gasteiger partial charge in [-0.2, -0.15) is 0 Å². The minimum Gasteiger partial charge on any atom is -0.507 e. The van der Waals surface area contributed by atoms with Crippen molar-refractivity contribution < 1.29 is 19.0 Å². The summed E-state index contributed by atoms with van der Waals surface area (Å²) in [5, 5.41) is 12.7. The van der Waals surface area contributed by atoms with Gasteiger partial charge in [-0.3, -0.25) is 9.69 Å². The number of benzene rings is 2. The topological polar surface area (TPSA) is 61.8 Å². The van der Waals surface area contributed by atoms with Crippen LogP contribution in [-0.2, 0) is 0 Å². The Morgan fingerprint density at radius 3 is 2.73 bits per heavy atom. The molecule has 1 heterocycles. The minimum absolute atomic E-state index is 0.0479. The molecule has 2 aromatic rings. The molecule has 0 spiro atoms. The lowest BCUT2D eigenvalue weighted by molar-refractivity contribution is 0.0934. The van der Waals surface area contributed by atoms with E-state index >= 15 is 0 Å². The number of likely N-dealkylation sites (tertiary alicyclic amines) is 1. The second-order valence-corrected chi connectivity index (χ2v) is 6.37. The van der Waals surface area contributed by atoms with Crippen LogP contribution < -0.4 is 10.1 Å². The van der Waals surface area contributed by atoms with Gasteiger partial charge in [-0.05, 0) is 50.2 Å². The van der Waals surface area contributed by atoms with Crippen molar-refractivity contribution in [1.29, 1.82) is 0 Å². The molecule has 2 N–H and O–H groups in total. The lowest BCUT2D eigenvalue weighted by Crippen LogP contribution is -2.37. The number of ether oxygens (including phenoxy) is 1. The Labute approximate surface area is 152 Å². The van der Waals surface area contributed by atoms with Crippen LogP contribution >= 0.6 is 0 Å². The normalized spacial score (nSPS) is 15.6. The molecule has 1 fully saturated rings. The molecular weight excluding hydrogens is 335 g/mol. The molecule has 0 unspecified atom stereocenters. The first-order valence-electron chi connectivity index (χ1n) is 8.74. The molecule has 1 aliphatic heterocycles. The second-order valence-electron chi connectivity index (χ2n) is 6.37. The predicted octanol–water partition coefficient (Wildman–Crippen LogP) is 3.11. The molecule has 1 aliphatic rings. The Hall–Kier alpha value is -2.60. The number of phenolic OH excluding ortho intramolecular Hbond substituents is 1. The van der Waals surface area contributed by atoms with E-state index in [1.54, 1.807) is 7.11 Å². The van der Waals surface area contributed by atoms with Crippen molar-refractivity contribution >= 4 is 5.91 Å². The Morgan fingerprint density at radius 1 is 1.27 bits per heavy atom. The maximum Gasteiger partial charge on any atom is 0.255 e. The number of nitrogens with zero attached hydrogens (tertiary/aromatic N) is 1. The number of methoxy groups -OCH3 is 1. The molecule has 1 atom stereocenters. The van der Waals surface area contributed by atoms with E-state index in [4.69, 9.17) is 4.74 Å². The van der Waals surface area contributed by atoms with E-state index < -0.39 is 11.7 Å². The van der Waals surface area contributed by atoms with Crippen LogP contribution in [0.2, 0.25) is 0 Å². The molecule has 6 heteroatoms. The molecule has 1 saturated heterocycles. The van der Waals surface area contributed by atoms with Gasteiger partial charge < -0.3 is 15.2 Å². The molecule has 0 aliphatic carbocycles. The molecule has 0 bridgehead atoms. The van der Waals surface area contributed by atoms with E-state index in [1.807, 2.05) is 24.3 Å². The van der Waals surface area contributed by atoms with E-state index in [1.165, 1.54) is 6.07 Å². The van der Waals surface area contributed by atoms with Gasteiger partial charge in [0.05, 0.1) is 18.7 Å². The first kappa shape index (κ1) is 18.2. The van der Waals surface area contributed by atoms with Crippen molar-refractivity contribution in [3.63, 3.8) is 0 Å². The number of carbonyl (C=O) groups is 1. The summed E-state index contributed by atoms with van der Waals surface area (Å²) in [6.07, 6.45) is 2.23. The van der Waals surface area contributed by atoms with Gasteiger partial charge in [-0.1, -0.05) is 18.2 Å². The lowest BCUT2D eigenvalue weighted by atomic mass is 10.0. The third-order valence-electron chi connectivity index (χ3n) is 4.74. The number of aromatic hydroxyl groups is 1. The summed E-state index contributed by atoms with van der Waals surface area (Å²) < 4.78 is 18.9. The van der Waals surface area contributed by atoms with Crippen LogP contribution in [-0.4, -0.2) is 42.7 Å². The Kier molecular flexibility index (Phi) is 5.73. The van der Waals surface area contributed by atoms with Crippen molar-refractivity contribution in [2.24, 2.45) is 0 Å². The van der Waals surface area contributed by atoms with Gasteiger partial charge in [0.1, 0.15) is 17.3 Å². The first-order chi connectivity index (χ1) is 12.6. The number of halogens is 1. The van der Waals surface area contributed by atoms with E-state index in [0.29, 0.717) is 6.54 Å². The van der Waals surface area contributed by atoms with Crippen LogP contribution in [0.1, 0.15) is 34.8 Å². The number of carbonyl (C=O) groups excluding carboxylic acids is 1. The van der Waals surface area contributed by atoms with Crippen LogP contribution in [0.15, 0.2) is 42.5 Å². The maximum atomic E-state index is 13.4. The molecule has 138 valence electrons. The highest BCUT2D eigenvalue weighted by Crippen LogP contribution is 2.31.